The summed E-state index contributed by atoms with van der Waals surface area (Å²) in [4.78, 5) is 23.6. The molecule has 6 nitrogen and oxygen atoms in total. The van der Waals surface area contributed by atoms with E-state index in [2.05, 4.69) is 0 Å². The Kier molecular flexibility index (Phi) is 10.9. The average Bonchev–Trinajstić information content (AvgIpc) is 2.57. The predicted molar refractivity (Wildman–Crippen MR) is 106 cm³/mol. The second-order valence-corrected chi connectivity index (χ2v) is 5.23. The van der Waals surface area contributed by atoms with E-state index in [0.29, 0.717) is 35.3 Å². The first-order valence-electron chi connectivity index (χ1n) is 7.61. The molecule has 0 unspecified atom stereocenters. The van der Waals surface area contributed by atoms with Gasteiger partial charge in [-0.2, -0.15) is 0 Å². The minimum Gasteiger partial charge on any atom is -0.462 e. The van der Waals surface area contributed by atoms with Crippen LogP contribution < -0.4 is 11.5 Å². The minimum atomic E-state index is -0.418. The summed E-state index contributed by atoms with van der Waals surface area (Å²) in [5.74, 6) is -0.835. The molecule has 2 aromatic carbocycles. The molecule has 0 bridgehead atoms. The average molecular weight is 401 g/mol. The van der Waals surface area contributed by atoms with Crippen LogP contribution in [-0.4, -0.2) is 25.2 Å². The molecule has 0 radical (unpaired) electrons. The fraction of sp³-hybridized carbons (Fsp3) is 0.222. The number of hydrogen-bond acceptors (Lipinski definition) is 6. The molecule has 0 heterocycles. The molecule has 26 heavy (non-hydrogen) atoms. The van der Waals surface area contributed by atoms with E-state index in [1.165, 1.54) is 0 Å². The van der Waals surface area contributed by atoms with Crippen molar-refractivity contribution in [2.24, 2.45) is 0 Å². The molecule has 0 saturated heterocycles. The molecule has 2 rings (SSSR count). The van der Waals surface area contributed by atoms with Crippen molar-refractivity contribution in [3.05, 3.63) is 59.7 Å². The van der Waals surface area contributed by atoms with Gasteiger partial charge in [-0.15, -0.1) is 24.8 Å². The number of unbranched alkanes of at least 4 members (excludes halogenated alkanes) is 1. The second kappa shape index (κ2) is 12.0. The first-order chi connectivity index (χ1) is 11.6. The molecule has 0 spiro atoms. The van der Waals surface area contributed by atoms with E-state index < -0.39 is 11.9 Å². The van der Waals surface area contributed by atoms with Crippen LogP contribution in [0.5, 0.6) is 0 Å². The Morgan fingerprint density at radius 1 is 0.731 bits per heavy atom. The maximum atomic E-state index is 11.8. The lowest BCUT2D eigenvalue weighted by molar-refractivity contribution is 0.0432. The zero-order valence-electron chi connectivity index (χ0n) is 14.1. The molecular formula is C18H22Cl2N2O4. The number of benzene rings is 2. The molecule has 0 fully saturated rings. The van der Waals surface area contributed by atoms with Crippen LogP contribution in [0.3, 0.4) is 0 Å². The second-order valence-electron chi connectivity index (χ2n) is 5.23. The SMILES string of the molecule is Cl.Cl.Nc1cccc(C(=O)OCCCCOC(=O)c2cccc(N)c2)c1. The monoisotopic (exact) mass is 400 g/mol. The number of carbonyl (C=O) groups is 2. The van der Waals surface area contributed by atoms with Gasteiger partial charge in [0.05, 0.1) is 24.3 Å². The third-order valence-electron chi connectivity index (χ3n) is 3.25. The van der Waals surface area contributed by atoms with Gasteiger partial charge in [0.2, 0.25) is 0 Å². The van der Waals surface area contributed by atoms with Crippen LogP contribution in [0.15, 0.2) is 48.5 Å². The van der Waals surface area contributed by atoms with Crippen LogP contribution in [0.2, 0.25) is 0 Å². The van der Waals surface area contributed by atoms with Crippen LogP contribution in [0, 0.1) is 0 Å². The highest BCUT2D eigenvalue weighted by Crippen LogP contribution is 2.09. The Balaban J connectivity index is 0.00000312. The summed E-state index contributed by atoms with van der Waals surface area (Å²) in [5.41, 5.74) is 13.1. The van der Waals surface area contributed by atoms with E-state index in [-0.39, 0.29) is 38.0 Å². The smallest absolute Gasteiger partial charge is 0.338 e. The lowest BCUT2D eigenvalue weighted by Crippen LogP contribution is -2.09. The number of anilines is 2. The maximum Gasteiger partial charge on any atom is 0.338 e. The first kappa shape index (κ1) is 23.6. The maximum absolute atomic E-state index is 11.8. The van der Waals surface area contributed by atoms with Crippen molar-refractivity contribution in [2.75, 3.05) is 24.7 Å². The van der Waals surface area contributed by atoms with Gasteiger partial charge in [0.1, 0.15) is 0 Å². The molecule has 0 saturated carbocycles. The fourth-order valence-electron chi connectivity index (χ4n) is 2.03. The number of nitrogens with two attached hydrogens (primary N) is 2. The number of rotatable bonds is 7. The van der Waals surface area contributed by atoms with Gasteiger partial charge in [-0.1, -0.05) is 12.1 Å². The van der Waals surface area contributed by atoms with Crippen molar-refractivity contribution in [3.63, 3.8) is 0 Å². The first-order valence-corrected chi connectivity index (χ1v) is 7.61. The summed E-state index contributed by atoms with van der Waals surface area (Å²) in [6.07, 6.45) is 1.19. The predicted octanol–water partition coefficient (Wildman–Crippen LogP) is 3.49. The van der Waals surface area contributed by atoms with Crippen LogP contribution >= 0.6 is 24.8 Å². The fourth-order valence-corrected chi connectivity index (χ4v) is 2.03. The van der Waals surface area contributed by atoms with Crippen LogP contribution in [0.1, 0.15) is 33.6 Å². The molecule has 8 heteroatoms. The minimum absolute atomic E-state index is 0. The molecule has 2 aromatic rings. The van der Waals surface area contributed by atoms with E-state index in [4.69, 9.17) is 20.9 Å². The quantitative estimate of drug-likeness (QED) is 0.418. The summed E-state index contributed by atoms with van der Waals surface area (Å²) in [5, 5.41) is 0. The third-order valence-corrected chi connectivity index (χ3v) is 3.25. The molecule has 0 aromatic heterocycles. The Morgan fingerprint density at radius 2 is 1.12 bits per heavy atom. The van der Waals surface area contributed by atoms with Crippen molar-refractivity contribution in [1.82, 2.24) is 0 Å². The summed E-state index contributed by atoms with van der Waals surface area (Å²) in [6, 6.07) is 13.2. The van der Waals surface area contributed by atoms with E-state index in [1.54, 1.807) is 48.5 Å². The Hall–Kier alpha value is -2.44. The standard InChI is InChI=1S/C18H20N2O4.2ClH/c19-15-7-3-5-13(11-15)17(21)23-9-1-2-10-24-18(22)14-6-4-8-16(20)12-14;;/h3-8,11-12H,1-2,9-10,19-20H2;2*1H. The number of carbonyl (C=O) groups excluding carboxylic acids is 2. The van der Waals surface area contributed by atoms with Gasteiger partial charge in [0, 0.05) is 11.4 Å². The van der Waals surface area contributed by atoms with Gasteiger partial charge < -0.3 is 20.9 Å². The highest BCUT2D eigenvalue weighted by molar-refractivity contribution is 5.90. The van der Waals surface area contributed by atoms with E-state index in [9.17, 15) is 9.59 Å². The van der Waals surface area contributed by atoms with Crippen LogP contribution in [-0.2, 0) is 9.47 Å². The zero-order valence-corrected chi connectivity index (χ0v) is 15.7. The van der Waals surface area contributed by atoms with Gasteiger partial charge in [-0.3, -0.25) is 0 Å². The lowest BCUT2D eigenvalue weighted by Gasteiger charge is -2.07. The van der Waals surface area contributed by atoms with Gasteiger partial charge in [0.25, 0.3) is 0 Å². The van der Waals surface area contributed by atoms with E-state index in [0.717, 1.165) is 0 Å². The molecule has 4 N–H and O–H groups in total. The summed E-state index contributed by atoms with van der Waals surface area (Å²) < 4.78 is 10.3. The normalized spacial score (nSPS) is 9.38. The number of ether oxygens (including phenoxy) is 2. The molecule has 0 amide bonds. The number of halogens is 2. The Morgan fingerprint density at radius 3 is 1.46 bits per heavy atom. The van der Waals surface area contributed by atoms with Gasteiger partial charge in [-0.25, -0.2) is 9.59 Å². The highest BCUT2D eigenvalue weighted by Gasteiger charge is 2.08. The lowest BCUT2D eigenvalue weighted by atomic mass is 10.2. The third kappa shape index (κ3) is 7.63. The van der Waals surface area contributed by atoms with Crippen molar-refractivity contribution in [1.29, 1.82) is 0 Å². The van der Waals surface area contributed by atoms with Crippen molar-refractivity contribution < 1.29 is 19.1 Å². The van der Waals surface area contributed by atoms with Crippen molar-refractivity contribution >= 4 is 48.1 Å². The number of esters is 2. The number of nitrogen functional groups attached to an aromatic ring is 2. The molecule has 142 valence electrons. The molecule has 0 aliphatic carbocycles. The number of hydrogen-bond donors (Lipinski definition) is 2. The topological polar surface area (TPSA) is 105 Å². The van der Waals surface area contributed by atoms with Gasteiger partial charge in [-0.05, 0) is 49.2 Å². The van der Waals surface area contributed by atoms with E-state index in [1.807, 2.05) is 0 Å². The van der Waals surface area contributed by atoms with Crippen molar-refractivity contribution in [2.45, 2.75) is 12.8 Å². The zero-order chi connectivity index (χ0) is 17.4. The Bertz CT molecular complexity index is 664. The van der Waals surface area contributed by atoms with Crippen LogP contribution in [0.4, 0.5) is 11.4 Å². The summed E-state index contributed by atoms with van der Waals surface area (Å²) >= 11 is 0. The molecule has 0 atom stereocenters. The summed E-state index contributed by atoms with van der Waals surface area (Å²) in [6.45, 7) is 0.507. The van der Waals surface area contributed by atoms with Gasteiger partial charge in [0.15, 0.2) is 0 Å². The van der Waals surface area contributed by atoms with E-state index >= 15 is 0 Å². The summed E-state index contributed by atoms with van der Waals surface area (Å²) in [7, 11) is 0. The largest absolute Gasteiger partial charge is 0.462 e. The van der Waals surface area contributed by atoms with Gasteiger partial charge >= 0.3 is 11.9 Å². The molecule has 0 aliphatic heterocycles. The molecule has 0 aliphatic rings. The highest BCUT2D eigenvalue weighted by atomic mass is 35.5. The molecular weight excluding hydrogens is 379 g/mol. The van der Waals surface area contributed by atoms with Crippen molar-refractivity contribution in [3.8, 4) is 0 Å². The van der Waals surface area contributed by atoms with Crippen LogP contribution in [0.25, 0.3) is 0 Å². The Labute approximate surface area is 164 Å².